The number of nitriles is 1. The first-order valence-corrected chi connectivity index (χ1v) is 18.7. The van der Waals surface area contributed by atoms with Crippen LogP contribution < -0.4 is 0 Å². The lowest BCUT2D eigenvalue weighted by molar-refractivity contribution is -0.137. The van der Waals surface area contributed by atoms with Crippen molar-refractivity contribution in [2.24, 2.45) is 0 Å². The number of fused-ring (bicyclic) bond motifs is 6. The third-order valence-corrected chi connectivity index (χ3v) is 11.0. The molecule has 7 rings (SSSR count). The molecule has 0 saturated heterocycles. The van der Waals surface area contributed by atoms with Crippen LogP contribution in [0.25, 0.3) is 55.0 Å². The monoisotopic (exact) mass is 725 g/mol. The van der Waals surface area contributed by atoms with E-state index in [0.29, 0.717) is 22.1 Å². The molecule has 0 spiro atoms. The maximum atomic E-state index is 16.2. The third kappa shape index (κ3) is 6.16. The molecule has 0 saturated carbocycles. The summed E-state index contributed by atoms with van der Waals surface area (Å²) in [4.78, 5) is 0. The number of benzene rings is 5. The number of nitrogens with zero attached hydrogens (tertiary/aromatic N) is 3. The van der Waals surface area contributed by atoms with Crippen molar-refractivity contribution in [1.29, 1.82) is 5.26 Å². The SMILES string of the molecule is CC(C)(C)c1ccc2c(c1)c1ccc(C(C)(C)C)cc1n2-c1cc(C#N)cc(-n2c3ccc(C(C)(C)C)cc3c3ccc(C(C)(C)C)cc32)c1C(F)(F)F. The molecule has 7 aromatic rings. The molecule has 2 heterocycles. The van der Waals surface area contributed by atoms with Gasteiger partial charge in [0.15, 0.2) is 0 Å². The first-order valence-electron chi connectivity index (χ1n) is 18.7. The van der Waals surface area contributed by atoms with E-state index in [4.69, 9.17) is 0 Å². The molecule has 3 nitrogen and oxygen atoms in total. The second kappa shape index (κ2) is 12.0. The van der Waals surface area contributed by atoms with Crippen LogP contribution in [0.2, 0.25) is 0 Å². The fraction of sp³-hybridized carbons (Fsp3) is 0.354. The molecule has 0 bridgehead atoms. The smallest absolute Gasteiger partial charge is 0.308 e. The molecule has 0 unspecified atom stereocenters. The van der Waals surface area contributed by atoms with Gasteiger partial charge in [-0.05, 0) is 92.4 Å². The van der Waals surface area contributed by atoms with E-state index < -0.39 is 11.7 Å². The first kappa shape index (κ1) is 37.3. The number of rotatable bonds is 2. The fourth-order valence-corrected chi connectivity index (χ4v) is 7.75. The van der Waals surface area contributed by atoms with E-state index >= 15 is 13.2 Å². The average Bonchev–Trinajstić information content (AvgIpc) is 3.56. The van der Waals surface area contributed by atoms with Crippen LogP contribution >= 0.6 is 0 Å². The molecular weight excluding hydrogens is 676 g/mol. The number of halogens is 3. The van der Waals surface area contributed by atoms with Gasteiger partial charge >= 0.3 is 6.18 Å². The summed E-state index contributed by atoms with van der Waals surface area (Å²) in [7, 11) is 0. The maximum absolute atomic E-state index is 16.2. The van der Waals surface area contributed by atoms with Crippen molar-refractivity contribution < 1.29 is 13.2 Å². The van der Waals surface area contributed by atoms with Crippen LogP contribution in [0.5, 0.6) is 0 Å². The van der Waals surface area contributed by atoms with E-state index in [9.17, 15) is 5.26 Å². The summed E-state index contributed by atoms with van der Waals surface area (Å²) in [6.07, 6.45) is -4.79. The number of hydrogen-bond donors (Lipinski definition) is 0. The summed E-state index contributed by atoms with van der Waals surface area (Å²) < 4.78 is 52.1. The first-order chi connectivity index (χ1) is 24.9. The highest BCUT2D eigenvalue weighted by Crippen LogP contribution is 2.46. The summed E-state index contributed by atoms with van der Waals surface area (Å²) in [5.41, 5.74) is 5.21. The lowest BCUT2D eigenvalue weighted by Gasteiger charge is -2.24. The third-order valence-electron chi connectivity index (χ3n) is 11.0. The van der Waals surface area contributed by atoms with Gasteiger partial charge in [-0.3, -0.25) is 0 Å². The molecule has 0 aliphatic heterocycles. The standard InChI is InChI=1S/C48H50F3N3/c1-44(2,3)29-15-19-37-35(23-29)33-17-13-31(46(7,8)9)25-39(33)53(37)41-21-28(27-52)22-42(43(41)48(49,50)51)54-38-20-16-30(45(4,5)6)24-36(38)34-18-14-32(26-40(34)54)47(10,11)12/h13-26H,1-12H3. The van der Waals surface area contributed by atoms with Crippen LogP contribution in [0.4, 0.5) is 13.2 Å². The predicted molar refractivity (Wildman–Crippen MR) is 220 cm³/mol. The van der Waals surface area contributed by atoms with Crippen molar-refractivity contribution in [1.82, 2.24) is 9.13 Å². The van der Waals surface area contributed by atoms with Gasteiger partial charge in [0.25, 0.3) is 0 Å². The lowest BCUT2D eigenvalue weighted by atomic mass is 9.85. The van der Waals surface area contributed by atoms with Gasteiger partial charge in [0.1, 0.15) is 5.56 Å². The molecule has 0 N–H and O–H groups in total. The molecule has 278 valence electrons. The molecule has 6 heteroatoms. The van der Waals surface area contributed by atoms with Crippen LogP contribution in [0.1, 0.15) is 116 Å². The summed E-state index contributed by atoms with van der Waals surface area (Å²) in [5, 5.41) is 14.0. The van der Waals surface area contributed by atoms with E-state index in [1.54, 1.807) is 9.13 Å². The minimum absolute atomic E-state index is 0.0700. The van der Waals surface area contributed by atoms with E-state index in [2.05, 4.69) is 113 Å². The Morgan fingerprint density at radius 1 is 0.426 bits per heavy atom. The molecule has 0 atom stereocenters. The van der Waals surface area contributed by atoms with Gasteiger partial charge in [-0.25, -0.2) is 0 Å². The molecule has 0 aliphatic carbocycles. The summed E-state index contributed by atoms with van der Waals surface area (Å²) in [6, 6.07) is 29.5. The fourth-order valence-electron chi connectivity index (χ4n) is 7.75. The van der Waals surface area contributed by atoms with Gasteiger partial charge < -0.3 is 9.13 Å². The highest BCUT2D eigenvalue weighted by molar-refractivity contribution is 6.11. The zero-order valence-corrected chi connectivity index (χ0v) is 33.6. The van der Waals surface area contributed by atoms with Crippen LogP contribution in [-0.4, -0.2) is 9.13 Å². The Morgan fingerprint density at radius 2 is 0.759 bits per heavy atom. The average molecular weight is 726 g/mol. The normalized spacial score (nSPS) is 13.4. The maximum Gasteiger partial charge on any atom is 0.420 e. The number of alkyl halides is 3. The van der Waals surface area contributed by atoms with E-state index in [0.717, 1.165) is 43.8 Å². The highest BCUT2D eigenvalue weighted by Gasteiger charge is 2.40. The van der Waals surface area contributed by atoms with Crippen molar-refractivity contribution in [3.05, 3.63) is 118 Å². The predicted octanol–water partition coefficient (Wildman–Crippen LogP) is 14.0. The van der Waals surface area contributed by atoms with Gasteiger partial charge in [0, 0.05) is 21.5 Å². The second-order valence-electron chi connectivity index (χ2n) is 19.1. The molecule has 2 aromatic heterocycles. The van der Waals surface area contributed by atoms with Crippen molar-refractivity contribution in [2.45, 2.75) is 111 Å². The van der Waals surface area contributed by atoms with E-state index in [1.807, 2.05) is 48.5 Å². The summed E-state index contributed by atoms with van der Waals surface area (Å²) in [5.74, 6) is 0. The Bertz CT molecular complexity index is 2510. The molecule has 0 fully saturated rings. The molecular formula is C48H50F3N3. The van der Waals surface area contributed by atoms with Crippen molar-refractivity contribution in [3.63, 3.8) is 0 Å². The molecule has 5 aromatic carbocycles. The number of hydrogen-bond acceptors (Lipinski definition) is 1. The second-order valence-corrected chi connectivity index (χ2v) is 19.1. The Morgan fingerprint density at radius 3 is 1.07 bits per heavy atom. The minimum atomic E-state index is -4.79. The van der Waals surface area contributed by atoms with Crippen molar-refractivity contribution in [2.75, 3.05) is 0 Å². The zero-order valence-electron chi connectivity index (χ0n) is 33.6. The molecule has 0 radical (unpaired) electrons. The zero-order chi connectivity index (χ0) is 39.5. The van der Waals surface area contributed by atoms with Crippen LogP contribution in [0.3, 0.4) is 0 Å². The summed E-state index contributed by atoms with van der Waals surface area (Å²) in [6.45, 7) is 25.4. The number of aromatic nitrogens is 2. The van der Waals surface area contributed by atoms with E-state index in [1.165, 1.54) is 12.1 Å². The van der Waals surface area contributed by atoms with Gasteiger partial charge in [-0.2, -0.15) is 18.4 Å². The van der Waals surface area contributed by atoms with Gasteiger partial charge in [-0.1, -0.05) is 119 Å². The van der Waals surface area contributed by atoms with Gasteiger partial charge in [-0.15, -0.1) is 0 Å². The quantitative estimate of drug-likeness (QED) is 0.175. The molecule has 0 aliphatic rings. The van der Waals surface area contributed by atoms with Gasteiger partial charge in [0.2, 0.25) is 0 Å². The Balaban J connectivity index is 1.70. The van der Waals surface area contributed by atoms with Crippen LogP contribution in [-0.2, 0) is 27.8 Å². The largest absolute Gasteiger partial charge is 0.420 e. The summed E-state index contributed by atoms with van der Waals surface area (Å²) >= 11 is 0. The lowest BCUT2D eigenvalue weighted by Crippen LogP contribution is -2.17. The van der Waals surface area contributed by atoms with Crippen molar-refractivity contribution >= 4 is 43.6 Å². The van der Waals surface area contributed by atoms with Gasteiger partial charge in [0.05, 0.1) is 45.1 Å². The van der Waals surface area contributed by atoms with Crippen LogP contribution in [0, 0.1) is 11.3 Å². The highest BCUT2D eigenvalue weighted by atomic mass is 19.4. The van der Waals surface area contributed by atoms with Crippen molar-refractivity contribution in [3.8, 4) is 17.4 Å². The van der Waals surface area contributed by atoms with Crippen LogP contribution in [0.15, 0.2) is 84.9 Å². The van der Waals surface area contributed by atoms with E-state index in [-0.39, 0.29) is 38.6 Å². The molecule has 0 amide bonds. The Labute approximate surface area is 317 Å². The molecule has 54 heavy (non-hydrogen) atoms. The topological polar surface area (TPSA) is 33.6 Å². The minimum Gasteiger partial charge on any atom is -0.308 e. The Hall–Kier alpha value is -5.02. The Kier molecular flexibility index (Phi) is 8.28.